The first-order valence-corrected chi connectivity index (χ1v) is 20.0. The minimum Gasteiger partial charge on any atom is -0.387 e. The topological polar surface area (TPSA) is 50.7 Å². The van der Waals surface area contributed by atoms with Crippen LogP contribution in [0.1, 0.15) is 40.4 Å². The lowest BCUT2D eigenvalue weighted by molar-refractivity contribution is 0.859. The molecule has 274 valence electrons. The highest BCUT2D eigenvalue weighted by Gasteiger charge is 2.25. The Balaban J connectivity index is 1.09. The summed E-state index contributed by atoms with van der Waals surface area (Å²) in [5.41, 5.74) is 11.6. The molecule has 58 heavy (non-hydrogen) atoms. The molecular weight excluding hydrogens is 705 g/mol. The molecule has 0 spiro atoms. The van der Waals surface area contributed by atoms with Crippen molar-refractivity contribution in [2.75, 3.05) is 0 Å². The number of benzene rings is 8. The highest BCUT2D eigenvalue weighted by atomic mass is 15.0. The standard InChI is InChI=1S/C54H38N4/c1-3-12-37(13-4-1)52-56-53(38-14-5-2-6-15-38)58-54(57-52)44-32-42(36-24-22-35(23-25-36)39-26-27-41-34-55-29-28-40(41)30-39)31-43(33-44)45-20-11-21-50-48-17-8-7-16-46(48)47-18-9-10-19-49(47)51(45)50/h1-32,43,55H,33-34H2. The Hall–Kier alpha value is -7.43. The van der Waals surface area contributed by atoms with E-state index >= 15 is 0 Å². The van der Waals surface area contributed by atoms with Crippen LogP contribution in [0.2, 0.25) is 0 Å². The first kappa shape index (κ1) is 33.9. The molecule has 1 aliphatic carbocycles. The third-order valence-electron chi connectivity index (χ3n) is 11.7. The lowest BCUT2D eigenvalue weighted by atomic mass is 9.80. The van der Waals surface area contributed by atoms with E-state index < -0.39 is 0 Å². The van der Waals surface area contributed by atoms with Crippen LogP contribution in [0, 0.1) is 0 Å². The van der Waals surface area contributed by atoms with Gasteiger partial charge in [0, 0.05) is 23.6 Å². The van der Waals surface area contributed by atoms with Crippen molar-refractivity contribution < 1.29 is 0 Å². The van der Waals surface area contributed by atoms with Gasteiger partial charge in [0.15, 0.2) is 17.5 Å². The van der Waals surface area contributed by atoms with Crippen molar-refractivity contribution in [3.63, 3.8) is 0 Å². The molecule has 1 aliphatic heterocycles. The van der Waals surface area contributed by atoms with Crippen LogP contribution < -0.4 is 5.32 Å². The van der Waals surface area contributed by atoms with Crippen LogP contribution in [0.25, 0.3) is 83.4 Å². The minimum atomic E-state index is 0.0566. The zero-order valence-corrected chi connectivity index (χ0v) is 31.8. The molecule has 0 saturated heterocycles. The molecule has 4 heteroatoms. The van der Waals surface area contributed by atoms with Crippen molar-refractivity contribution in [2.45, 2.75) is 18.9 Å². The monoisotopic (exact) mass is 742 g/mol. The smallest absolute Gasteiger partial charge is 0.164 e. The normalized spacial score (nSPS) is 14.9. The second-order valence-corrected chi connectivity index (χ2v) is 15.2. The number of hydrogen-bond acceptors (Lipinski definition) is 4. The van der Waals surface area contributed by atoms with Gasteiger partial charge in [0.1, 0.15) is 0 Å². The van der Waals surface area contributed by atoms with Crippen molar-refractivity contribution >= 4 is 49.5 Å². The van der Waals surface area contributed by atoms with E-state index in [0.29, 0.717) is 17.5 Å². The van der Waals surface area contributed by atoms with Crippen LogP contribution in [0.4, 0.5) is 0 Å². The fourth-order valence-electron chi connectivity index (χ4n) is 8.85. The number of nitrogens with zero attached hydrogens (tertiary/aromatic N) is 3. The quantitative estimate of drug-likeness (QED) is 0.172. The molecule has 0 saturated carbocycles. The van der Waals surface area contributed by atoms with Gasteiger partial charge in [-0.25, -0.2) is 15.0 Å². The molecular formula is C54H38N4. The summed E-state index contributed by atoms with van der Waals surface area (Å²) in [7, 11) is 0. The van der Waals surface area contributed by atoms with Crippen LogP contribution in [0.3, 0.4) is 0 Å². The molecule has 8 aromatic carbocycles. The zero-order chi connectivity index (χ0) is 38.4. The number of fused-ring (bicyclic) bond motifs is 7. The van der Waals surface area contributed by atoms with Gasteiger partial charge in [-0.3, -0.25) is 0 Å². The maximum absolute atomic E-state index is 5.22. The Bertz CT molecular complexity index is 3020. The van der Waals surface area contributed by atoms with E-state index in [2.05, 4.69) is 157 Å². The Morgan fingerprint density at radius 2 is 1.02 bits per heavy atom. The van der Waals surface area contributed by atoms with Crippen molar-refractivity contribution in [1.82, 2.24) is 20.3 Å². The fraction of sp³-hybridized carbons (Fsp3) is 0.0556. The fourth-order valence-corrected chi connectivity index (χ4v) is 8.85. The van der Waals surface area contributed by atoms with Gasteiger partial charge >= 0.3 is 0 Å². The van der Waals surface area contributed by atoms with Crippen LogP contribution in [0.15, 0.2) is 188 Å². The van der Waals surface area contributed by atoms with Crippen molar-refractivity contribution in [2.24, 2.45) is 0 Å². The van der Waals surface area contributed by atoms with E-state index in [-0.39, 0.29) is 5.92 Å². The molecule has 0 amide bonds. The number of hydrogen-bond donors (Lipinski definition) is 1. The number of nitrogens with one attached hydrogen (secondary N) is 1. The van der Waals surface area contributed by atoms with E-state index in [4.69, 9.17) is 15.0 Å². The number of allylic oxidation sites excluding steroid dienone is 4. The Morgan fingerprint density at radius 3 is 1.69 bits per heavy atom. The summed E-state index contributed by atoms with van der Waals surface area (Å²) < 4.78 is 0. The second kappa shape index (κ2) is 14.3. The summed E-state index contributed by atoms with van der Waals surface area (Å²) in [6.45, 7) is 0.860. The predicted molar refractivity (Wildman–Crippen MR) is 241 cm³/mol. The van der Waals surface area contributed by atoms with Crippen molar-refractivity contribution in [3.05, 3.63) is 216 Å². The van der Waals surface area contributed by atoms with Gasteiger partial charge in [-0.2, -0.15) is 0 Å². The largest absolute Gasteiger partial charge is 0.387 e. The third-order valence-corrected chi connectivity index (χ3v) is 11.7. The van der Waals surface area contributed by atoms with Gasteiger partial charge in [-0.1, -0.05) is 170 Å². The molecule has 1 N–H and O–H groups in total. The Kier molecular flexibility index (Phi) is 8.32. The maximum Gasteiger partial charge on any atom is 0.164 e. The number of aromatic nitrogens is 3. The van der Waals surface area contributed by atoms with Crippen molar-refractivity contribution in [3.8, 4) is 33.9 Å². The molecule has 0 bridgehead atoms. The second-order valence-electron chi connectivity index (χ2n) is 15.2. The lowest BCUT2D eigenvalue weighted by Crippen LogP contribution is -2.09. The van der Waals surface area contributed by atoms with Crippen LogP contribution in [-0.4, -0.2) is 15.0 Å². The first-order chi connectivity index (χ1) is 28.7. The highest BCUT2D eigenvalue weighted by Crippen LogP contribution is 2.45. The summed E-state index contributed by atoms with van der Waals surface area (Å²) in [4.78, 5) is 15.5. The van der Waals surface area contributed by atoms with E-state index in [1.54, 1.807) is 0 Å². The zero-order valence-electron chi connectivity index (χ0n) is 31.8. The van der Waals surface area contributed by atoms with Crippen LogP contribution >= 0.6 is 0 Å². The average Bonchev–Trinajstić information content (AvgIpc) is 3.31. The Labute approximate surface area is 337 Å². The third kappa shape index (κ3) is 6.07. The summed E-state index contributed by atoms with van der Waals surface area (Å²) >= 11 is 0. The van der Waals surface area contributed by atoms with Crippen LogP contribution in [0.5, 0.6) is 0 Å². The lowest BCUT2D eigenvalue weighted by Gasteiger charge is -2.25. The molecule has 1 aromatic heterocycles. The number of rotatable bonds is 6. The summed E-state index contributed by atoms with van der Waals surface area (Å²) in [5.74, 6) is 2.09. The van der Waals surface area contributed by atoms with Gasteiger partial charge in [0.25, 0.3) is 0 Å². The van der Waals surface area contributed by atoms with E-state index in [1.807, 2.05) is 42.6 Å². The van der Waals surface area contributed by atoms with Crippen LogP contribution in [-0.2, 0) is 6.54 Å². The molecule has 9 aromatic rings. The summed E-state index contributed by atoms with van der Waals surface area (Å²) in [6, 6.07) is 60.8. The molecule has 1 atom stereocenters. The SMILES string of the molecule is C1=Cc2cc(-c3ccc(C4=CC(c5cccc6c7ccccc7c7ccccc7c56)CC(c5nc(-c6ccccc6)nc(-c6ccccc6)n5)=C4)cc3)ccc2CN1. The molecule has 11 rings (SSSR count). The molecule has 1 unspecified atom stereocenters. The Morgan fingerprint density at radius 1 is 0.466 bits per heavy atom. The van der Waals surface area contributed by atoms with Gasteiger partial charge in [-0.15, -0.1) is 0 Å². The molecule has 4 nitrogen and oxygen atoms in total. The summed E-state index contributed by atoms with van der Waals surface area (Å²) in [6.07, 6.45) is 9.70. The molecule has 0 fully saturated rings. The first-order valence-electron chi connectivity index (χ1n) is 20.0. The predicted octanol–water partition coefficient (Wildman–Crippen LogP) is 13.1. The van der Waals surface area contributed by atoms with Gasteiger partial charge in [0.2, 0.25) is 0 Å². The average molecular weight is 743 g/mol. The van der Waals surface area contributed by atoms with Gasteiger partial charge in [-0.05, 0) is 108 Å². The highest BCUT2D eigenvalue weighted by molar-refractivity contribution is 6.26. The van der Waals surface area contributed by atoms with E-state index in [9.17, 15) is 0 Å². The maximum atomic E-state index is 5.22. The summed E-state index contributed by atoms with van der Waals surface area (Å²) in [5, 5.41) is 11.0. The molecule has 2 aliphatic rings. The molecule has 0 radical (unpaired) electrons. The van der Waals surface area contributed by atoms with E-state index in [1.165, 1.54) is 60.1 Å². The van der Waals surface area contributed by atoms with Gasteiger partial charge < -0.3 is 5.32 Å². The van der Waals surface area contributed by atoms with Gasteiger partial charge in [0.05, 0.1) is 0 Å². The molecule has 2 heterocycles. The van der Waals surface area contributed by atoms with E-state index in [0.717, 1.165) is 40.8 Å². The minimum absolute atomic E-state index is 0.0566. The van der Waals surface area contributed by atoms with Crippen molar-refractivity contribution in [1.29, 1.82) is 0 Å².